The molecular weight excluding hydrogens is 223 g/mol. The lowest BCUT2D eigenvalue weighted by molar-refractivity contribution is -0.145. The molecular formula is C10H14Cl2O2. The molecule has 1 aliphatic rings. The Morgan fingerprint density at radius 3 is 2.21 bits per heavy atom. The molecule has 0 saturated heterocycles. The number of allylic oxidation sites excluding steroid dienone is 1. The number of hydrogen-bond donors (Lipinski definition) is 1. The van der Waals surface area contributed by atoms with Gasteiger partial charge in [-0.25, -0.2) is 0 Å². The van der Waals surface area contributed by atoms with Crippen LogP contribution in [0.25, 0.3) is 0 Å². The van der Waals surface area contributed by atoms with Crippen LogP contribution in [0.3, 0.4) is 0 Å². The van der Waals surface area contributed by atoms with Crippen molar-refractivity contribution in [2.24, 2.45) is 16.7 Å². The minimum atomic E-state index is -0.763. The van der Waals surface area contributed by atoms with Gasteiger partial charge >= 0.3 is 5.97 Å². The number of halogens is 2. The number of aliphatic carboxylic acids is 1. The van der Waals surface area contributed by atoms with Crippen LogP contribution < -0.4 is 0 Å². The Hall–Kier alpha value is -0.210. The van der Waals surface area contributed by atoms with E-state index < -0.39 is 11.4 Å². The smallest absolute Gasteiger partial charge is 0.310 e. The highest BCUT2D eigenvalue weighted by Crippen LogP contribution is 2.71. The average Bonchev–Trinajstić information content (AvgIpc) is 2.48. The first-order valence-corrected chi connectivity index (χ1v) is 5.32. The van der Waals surface area contributed by atoms with Gasteiger partial charge in [-0.2, -0.15) is 0 Å². The van der Waals surface area contributed by atoms with E-state index in [4.69, 9.17) is 23.2 Å². The second-order valence-electron chi connectivity index (χ2n) is 4.29. The van der Waals surface area contributed by atoms with Gasteiger partial charge in [0.15, 0.2) is 0 Å². The topological polar surface area (TPSA) is 37.3 Å². The summed E-state index contributed by atoms with van der Waals surface area (Å²) >= 11 is 11.1. The van der Waals surface area contributed by atoms with Gasteiger partial charge in [-0.15, -0.1) is 0 Å². The maximum Gasteiger partial charge on any atom is 0.310 e. The van der Waals surface area contributed by atoms with E-state index in [1.807, 2.05) is 20.8 Å². The number of carboxylic acids is 1. The quantitative estimate of drug-likeness (QED) is 0.816. The predicted octanol–water partition coefficient (Wildman–Crippen LogP) is 3.44. The van der Waals surface area contributed by atoms with Crippen molar-refractivity contribution in [3.8, 4) is 0 Å². The number of rotatable bonds is 3. The van der Waals surface area contributed by atoms with E-state index in [0.29, 0.717) is 6.42 Å². The van der Waals surface area contributed by atoms with Gasteiger partial charge in [0, 0.05) is 5.92 Å². The second-order valence-corrected chi connectivity index (χ2v) is 5.29. The molecule has 4 heteroatoms. The first-order valence-electron chi connectivity index (χ1n) is 4.57. The molecule has 0 bridgehead atoms. The first kappa shape index (κ1) is 11.9. The van der Waals surface area contributed by atoms with Crippen LogP contribution in [-0.4, -0.2) is 11.1 Å². The fraction of sp³-hybridized carbons (Fsp3) is 0.700. The summed E-state index contributed by atoms with van der Waals surface area (Å²) in [5.41, 5.74) is -0.954. The summed E-state index contributed by atoms with van der Waals surface area (Å²) in [6.07, 6.45) is 2.23. The molecule has 0 aliphatic heterocycles. The van der Waals surface area contributed by atoms with Crippen molar-refractivity contribution in [1.29, 1.82) is 0 Å². The lowest BCUT2D eigenvalue weighted by Gasteiger charge is -2.11. The summed E-state index contributed by atoms with van der Waals surface area (Å²) in [6, 6.07) is 0. The van der Waals surface area contributed by atoms with Gasteiger partial charge in [-0.3, -0.25) is 4.79 Å². The Balaban J connectivity index is 3.03. The van der Waals surface area contributed by atoms with Gasteiger partial charge in [-0.05, 0) is 17.9 Å². The van der Waals surface area contributed by atoms with E-state index in [0.717, 1.165) is 0 Å². The molecule has 1 aliphatic carbocycles. The molecule has 2 unspecified atom stereocenters. The molecule has 80 valence electrons. The second kappa shape index (κ2) is 3.42. The highest BCUT2D eigenvalue weighted by Gasteiger charge is 2.73. The van der Waals surface area contributed by atoms with Crippen LogP contribution in [-0.2, 0) is 4.79 Å². The Bertz CT molecular complexity index is 292. The molecule has 2 nitrogen and oxygen atoms in total. The van der Waals surface area contributed by atoms with Gasteiger partial charge in [-0.1, -0.05) is 44.0 Å². The summed E-state index contributed by atoms with van der Waals surface area (Å²) in [7, 11) is 0. The van der Waals surface area contributed by atoms with Crippen molar-refractivity contribution < 1.29 is 9.90 Å². The molecule has 0 amide bonds. The van der Waals surface area contributed by atoms with E-state index in [9.17, 15) is 9.90 Å². The standard InChI is InChI=1S/C10H14Cl2O2/c1-4-10(8(13)14)6(5-7(11)12)9(10,2)3/h5-6H,4H2,1-3H3,(H,13,14). The maximum absolute atomic E-state index is 11.2. The molecule has 1 rings (SSSR count). The van der Waals surface area contributed by atoms with Gasteiger partial charge < -0.3 is 5.11 Å². The zero-order valence-electron chi connectivity index (χ0n) is 8.47. The lowest BCUT2D eigenvalue weighted by Crippen LogP contribution is -2.20. The maximum atomic E-state index is 11.2. The van der Waals surface area contributed by atoms with Crippen molar-refractivity contribution in [2.75, 3.05) is 0 Å². The number of carbonyl (C=O) groups is 1. The van der Waals surface area contributed by atoms with Crippen molar-refractivity contribution in [2.45, 2.75) is 27.2 Å². The Morgan fingerprint density at radius 1 is 1.50 bits per heavy atom. The zero-order chi connectivity index (χ0) is 11.1. The summed E-state index contributed by atoms with van der Waals surface area (Å²) in [4.78, 5) is 11.2. The molecule has 0 spiro atoms. The molecule has 0 aromatic carbocycles. The van der Waals surface area contributed by atoms with Crippen molar-refractivity contribution in [3.05, 3.63) is 10.6 Å². The number of carboxylic acid groups (broad SMARTS) is 1. The SMILES string of the molecule is CCC1(C(=O)O)C(C=C(Cl)Cl)C1(C)C. The third-order valence-corrected chi connectivity index (χ3v) is 3.86. The van der Waals surface area contributed by atoms with E-state index in [2.05, 4.69) is 0 Å². The highest BCUT2D eigenvalue weighted by atomic mass is 35.5. The van der Waals surface area contributed by atoms with E-state index >= 15 is 0 Å². The summed E-state index contributed by atoms with van der Waals surface area (Å²) in [6.45, 7) is 5.75. The largest absolute Gasteiger partial charge is 0.481 e. The molecule has 0 radical (unpaired) electrons. The van der Waals surface area contributed by atoms with Crippen LogP contribution in [0.4, 0.5) is 0 Å². The highest BCUT2D eigenvalue weighted by molar-refractivity contribution is 6.55. The van der Waals surface area contributed by atoms with E-state index in [1.54, 1.807) is 6.08 Å². The Morgan fingerprint density at radius 2 is 2.00 bits per heavy atom. The molecule has 1 N–H and O–H groups in total. The molecule has 1 fully saturated rings. The van der Waals surface area contributed by atoms with Gasteiger partial charge in [0.05, 0.1) is 5.41 Å². The summed E-state index contributed by atoms with van der Waals surface area (Å²) < 4.78 is 0.152. The van der Waals surface area contributed by atoms with Crippen molar-refractivity contribution in [3.63, 3.8) is 0 Å². The van der Waals surface area contributed by atoms with Gasteiger partial charge in [0.2, 0.25) is 0 Å². The zero-order valence-corrected chi connectivity index (χ0v) is 9.99. The molecule has 2 atom stereocenters. The fourth-order valence-electron chi connectivity index (χ4n) is 2.61. The van der Waals surface area contributed by atoms with Crippen molar-refractivity contribution in [1.82, 2.24) is 0 Å². The minimum Gasteiger partial charge on any atom is -0.481 e. The fourth-order valence-corrected chi connectivity index (χ4v) is 2.86. The lowest BCUT2D eigenvalue weighted by atomic mass is 9.93. The normalized spacial score (nSPS) is 33.6. The molecule has 0 aromatic rings. The summed E-state index contributed by atoms with van der Waals surface area (Å²) in [5, 5.41) is 9.21. The van der Waals surface area contributed by atoms with Crippen LogP contribution in [0.15, 0.2) is 10.6 Å². The summed E-state index contributed by atoms with van der Waals surface area (Å²) in [5.74, 6) is -0.830. The Labute approximate surface area is 93.9 Å². The van der Waals surface area contributed by atoms with Crippen LogP contribution >= 0.6 is 23.2 Å². The predicted molar refractivity (Wildman–Crippen MR) is 57.4 cm³/mol. The third-order valence-electron chi connectivity index (χ3n) is 3.61. The van der Waals surface area contributed by atoms with Crippen molar-refractivity contribution >= 4 is 29.2 Å². The first-order chi connectivity index (χ1) is 6.30. The molecule has 0 aromatic heterocycles. The average molecular weight is 237 g/mol. The molecule has 0 heterocycles. The van der Waals surface area contributed by atoms with E-state index in [-0.39, 0.29) is 15.8 Å². The van der Waals surface area contributed by atoms with E-state index in [1.165, 1.54) is 0 Å². The molecule has 1 saturated carbocycles. The van der Waals surface area contributed by atoms with Gasteiger partial charge in [0.1, 0.15) is 4.49 Å². The van der Waals surface area contributed by atoms with Crippen LogP contribution in [0.2, 0.25) is 0 Å². The monoisotopic (exact) mass is 236 g/mol. The molecule has 14 heavy (non-hydrogen) atoms. The van der Waals surface area contributed by atoms with Crippen LogP contribution in [0, 0.1) is 16.7 Å². The number of hydrogen-bond acceptors (Lipinski definition) is 1. The third kappa shape index (κ3) is 1.36. The minimum absolute atomic E-state index is 0.0671. The van der Waals surface area contributed by atoms with Crippen LogP contribution in [0.1, 0.15) is 27.2 Å². The van der Waals surface area contributed by atoms with Gasteiger partial charge in [0.25, 0.3) is 0 Å². The van der Waals surface area contributed by atoms with Crippen LogP contribution in [0.5, 0.6) is 0 Å². The Kier molecular flexibility index (Phi) is 2.90.